The van der Waals surface area contributed by atoms with Gasteiger partial charge in [-0.1, -0.05) is 15.9 Å². The molecule has 6 nitrogen and oxygen atoms in total. The average Bonchev–Trinajstić information content (AvgIpc) is 3.01. The molecule has 1 aromatic rings. The van der Waals surface area contributed by atoms with Crippen LogP contribution in [0, 0.1) is 0 Å². The predicted molar refractivity (Wildman–Crippen MR) is 86.2 cm³/mol. The number of hydrogen-bond donors (Lipinski definition) is 0. The second kappa shape index (κ2) is 6.54. The predicted octanol–water partition coefficient (Wildman–Crippen LogP) is 3.72. The molecule has 2 rings (SSSR count). The molecule has 0 radical (unpaired) electrons. The first-order valence-corrected chi connectivity index (χ1v) is 8.71. The summed E-state index contributed by atoms with van der Waals surface area (Å²) in [6, 6.07) is -0.192. The number of methoxy groups -OCH3 is 1. The molecule has 0 N–H and O–H groups in total. The van der Waals surface area contributed by atoms with Crippen molar-refractivity contribution in [3.8, 4) is 0 Å². The van der Waals surface area contributed by atoms with E-state index in [1.54, 1.807) is 10.3 Å². The maximum absolute atomic E-state index is 12.4. The Labute approximate surface area is 141 Å². The number of thiazole rings is 1. The Bertz CT molecular complexity index is 569. The van der Waals surface area contributed by atoms with Crippen LogP contribution < -0.4 is 0 Å². The Balaban J connectivity index is 2.20. The third-order valence-corrected chi connectivity index (χ3v) is 4.97. The van der Waals surface area contributed by atoms with Crippen LogP contribution in [-0.4, -0.2) is 39.6 Å². The minimum Gasteiger partial charge on any atom is -0.464 e. The number of halogens is 1. The fourth-order valence-electron chi connectivity index (χ4n) is 2.21. The van der Waals surface area contributed by atoms with E-state index >= 15 is 0 Å². The van der Waals surface area contributed by atoms with E-state index in [4.69, 9.17) is 4.74 Å². The Kier molecular flexibility index (Phi) is 5.11. The molecule has 0 bridgehead atoms. The third-order valence-electron chi connectivity index (χ3n) is 3.12. The topological polar surface area (TPSA) is 68.7 Å². The van der Waals surface area contributed by atoms with E-state index in [-0.39, 0.29) is 22.8 Å². The highest BCUT2D eigenvalue weighted by Crippen LogP contribution is 2.40. The van der Waals surface area contributed by atoms with E-state index < -0.39 is 11.6 Å². The van der Waals surface area contributed by atoms with Gasteiger partial charge in [0.2, 0.25) is 0 Å². The minimum absolute atomic E-state index is 0.0992. The van der Waals surface area contributed by atoms with Crippen molar-refractivity contribution in [1.82, 2.24) is 9.88 Å². The number of hydrogen-bond acceptors (Lipinski definition) is 6. The summed E-state index contributed by atoms with van der Waals surface area (Å²) in [6.07, 6.45) is 1.19. The Morgan fingerprint density at radius 2 is 2.09 bits per heavy atom. The summed E-state index contributed by atoms with van der Waals surface area (Å²) < 4.78 is 10.1. The van der Waals surface area contributed by atoms with Gasteiger partial charge in [-0.3, -0.25) is 4.90 Å². The van der Waals surface area contributed by atoms with Gasteiger partial charge >= 0.3 is 12.1 Å². The quantitative estimate of drug-likeness (QED) is 0.437. The summed E-state index contributed by atoms with van der Waals surface area (Å²) in [7, 11) is 1.32. The molecule has 22 heavy (non-hydrogen) atoms. The fourth-order valence-corrected chi connectivity index (χ4v) is 3.84. The molecule has 1 aromatic heterocycles. The first-order chi connectivity index (χ1) is 10.2. The maximum Gasteiger partial charge on any atom is 0.411 e. The molecule has 8 heteroatoms. The molecule has 1 saturated heterocycles. The molecule has 1 aliphatic rings. The monoisotopic (exact) mass is 390 g/mol. The number of esters is 1. The summed E-state index contributed by atoms with van der Waals surface area (Å²) in [5, 5.41) is 2.36. The van der Waals surface area contributed by atoms with Crippen molar-refractivity contribution < 1.29 is 19.1 Å². The summed E-state index contributed by atoms with van der Waals surface area (Å²) in [6.45, 7) is 5.49. The lowest BCUT2D eigenvalue weighted by Crippen LogP contribution is -2.39. The van der Waals surface area contributed by atoms with Gasteiger partial charge in [0, 0.05) is 5.38 Å². The van der Waals surface area contributed by atoms with Gasteiger partial charge in [0.05, 0.1) is 18.1 Å². The van der Waals surface area contributed by atoms with Gasteiger partial charge in [-0.2, -0.15) is 0 Å². The molecule has 0 spiro atoms. The number of aromatic nitrogens is 1. The molecule has 0 saturated carbocycles. The van der Waals surface area contributed by atoms with E-state index in [9.17, 15) is 9.59 Å². The average molecular weight is 391 g/mol. The highest BCUT2D eigenvalue weighted by Gasteiger charge is 2.40. The van der Waals surface area contributed by atoms with Crippen LogP contribution in [0.4, 0.5) is 4.79 Å². The van der Waals surface area contributed by atoms with E-state index in [0.29, 0.717) is 5.01 Å². The zero-order valence-electron chi connectivity index (χ0n) is 13.0. The van der Waals surface area contributed by atoms with Gasteiger partial charge in [0.15, 0.2) is 5.69 Å². The lowest BCUT2D eigenvalue weighted by atomic mass is 10.2. The van der Waals surface area contributed by atoms with Crippen molar-refractivity contribution in [2.75, 3.05) is 7.11 Å². The van der Waals surface area contributed by atoms with Gasteiger partial charge in [-0.25, -0.2) is 14.6 Å². The van der Waals surface area contributed by atoms with Crippen molar-refractivity contribution in [1.29, 1.82) is 0 Å². The van der Waals surface area contributed by atoms with Crippen LogP contribution in [-0.2, 0) is 9.47 Å². The van der Waals surface area contributed by atoms with Crippen molar-refractivity contribution >= 4 is 39.3 Å². The molecule has 1 unspecified atom stereocenters. The highest BCUT2D eigenvalue weighted by atomic mass is 79.9. The van der Waals surface area contributed by atoms with Crippen molar-refractivity contribution in [3.05, 3.63) is 16.1 Å². The van der Waals surface area contributed by atoms with E-state index in [0.717, 1.165) is 12.8 Å². The Morgan fingerprint density at radius 3 is 2.68 bits per heavy atom. The molecular weight excluding hydrogens is 372 g/mol. The molecule has 1 amide bonds. The zero-order chi connectivity index (χ0) is 16.5. The number of rotatable bonds is 2. The molecule has 0 aromatic carbocycles. The van der Waals surface area contributed by atoms with Crippen molar-refractivity contribution in [3.63, 3.8) is 0 Å². The number of amides is 1. The van der Waals surface area contributed by atoms with E-state index in [2.05, 4.69) is 25.7 Å². The molecule has 1 fully saturated rings. The number of carbonyl (C=O) groups excluding carboxylic acids is 2. The zero-order valence-corrected chi connectivity index (χ0v) is 15.4. The first-order valence-electron chi connectivity index (χ1n) is 6.92. The molecule has 122 valence electrons. The third kappa shape index (κ3) is 3.78. The fraction of sp³-hybridized carbons (Fsp3) is 0.643. The summed E-state index contributed by atoms with van der Waals surface area (Å²) in [5.74, 6) is -0.472. The van der Waals surface area contributed by atoms with Crippen molar-refractivity contribution in [2.24, 2.45) is 0 Å². The van der Waals surface area contributed by atoms with Crippen LogP contribution in [0.5, 0.6) is 0 Å². The van der Waals surface area contributed by atoms with Crippen LogP contribution in [0.3, 0.4) is 0 Å². The molecular formula is C14H19BrN2O4S. The van der Waals surface area contributed by atoms with Crippen LogP contribution in [0.1, 0.15) is 55.2 Å². The molecule has 2 atom stereocenters. The lowest BCUT2D eigenvalue weighted by molar-refractivity contribution is 0.0207. The molecule has 1 aliphatic heterocycles. The largest absolute Gasteiger partial charge is 0.464 e. The normalized spacial score (nSPS) is 21.8. The number of carbonyl (C=O) groups is 2. The van der Waals surface area contributed by atoms with Crippen LogP contribution in [0.15, 0.2) is 5.38 Å². The summed E-state index contributed by atoms with van der Waals surface area (Å²) in [5.41, 5.74) is -0.290. The van der Waals surface area contributed by atoms with Gasteiger partial charge in [0.25, 0.3) is 0 Å². The van der Waals surface area contributed by atoms with E-state index in [1.807, 2.05) is 20.8 Å². The number of nitrogens with zero attached hydrogens (tertiary/aromatic N) is 2. The van der Waals surface area contributed by atoms with Gasteiger partial charge in [0.1, 0.15) is 10.6 Å². The molecule has 2 heterocycles. The van der Waals surface area contributed by atoms with Gasteiger partial charge < -0.3 is 9.47 Å². The van der Waals surface area contributed by atoms with Gasteiger partial charge in [-0.05, 0) is 33.6 Å². The molecule has 0 aliphatic carbocycles. The van der Waals surface area contributed by atoms with Crippen LogP contribution >= 0.6 is 27.3 Å². The van der Waals surface area contributed by atoms with Crippen LogP contribution in [0.25, 0.3) is 0 Å². The minimum atomic E-state index is -0.559. The smallest absolute Gasteiger partial charge is 0.411 e. The number of likely N-dealkylation sites (tertiary alicyclic amines) is 1. The maximum atomic E-state index is 12.4. The van der Waals surface area contributed by atoms with Crippen LogP contribution in [0.2, 0.25) is 0 Å². The Hall–Kier alpha value is -1.15. The van der Waals surface area contributed by atoms with E-state index in [1.165, 1.54) is 18.4 Å². The number of ether oxygens (including phenoxy) is 2. The highest BCUT2D eigenvalue weighted by molar-refractivity contribution is 9.09. The summed E-state index contributed by atoms with van der Waals surface area (Å²) in [4.78, 5) is 29.8. The lowest BCUT2D eigenvalue weighted by Gasteiger charge is -2.29. The second-order valence-corrected chi connectivity index (χ2v) is 7.92. The Morgan fingerprint density at radius 1 is 1.41 bits per heavy atom. The summed E-state index contributed by atoms with van der Waals surface area (Å²) >= 11 is 4.86. The first kappa shape index (κ1) is 17.2. The van der Waals surface area contributed by atoms with Crippen molar-refractivity contribution in [2.45, 2.75) is 50.2 Å². The number of alkyl halides is 1. The standard InChI is InChI=1S/C14H19BrN2O4S/c1-14(2,3)21-13(19)17-9(5-6-10(17)15)11-16-8(7-22-11)12(18)20-4/h7,9-10H,5-6H2,1-4H3/t9-,10?/m0/s1. The van der Waals surface area contributed by atoms with Gasteiger partial charge in [-0.15, -0.1) is 11.3 Å². The SMILES string of the molecule is COC(=O)c1csc([C@@H]2CCC(Br)N2C(=O)OC(C)(C)C)n1. The second-order valence-electron chi connectivity index (χ2n) is 5.98.